The Morgan fingerprint density at radius 1 is 0.476 bits per heavy atom. The van der Waals surface area contributed by atoms with E-state index < -0.39 is 11.8 Å². The zero-order valence-corrected chi connectivity index (χ0v) is 39.6. The van der Waals surface area contributed by atoms with Crippen LogP contribution in [0.2, 0.25) is 0 Å². The maximum absolute atomic E-state index is 13.7. The quantitative estimate of drug-likeness (QED) is 0.0677. The Bertz CT molecular complexity index is 1450. The summed E-state index contributed by atoms with van der Waals surface area (Å²) in [6.45, 7) is 13.1. The summed E-state index contributed by atoms with van der Waals surface area (Å²) in [4.78, 5) is 87.2. The van der Waals surface area contributed by atoms with Gasteiger partial charge in [-0.25, -0.2) is 0 Å². The first-order valence-electron chi connectivity index (χ1n) is 23.6. The molecule has 0 bridgehead atoms. The largest absolute Gasteiger partial charge is 0.495 e. The molecule has 0 radical (unpaired) electrons. The topological polar surface area (TPSA) is 197 Å². The SMILES string of the molecule is CCCCCCNC(=O)CN1CCN(CC(=O)NCCCCCC)CCN(CC(=O)NCc2cc(C(=O)NC)c(OC)c(C(=O)NC)c2)CCN(CC(=O)NCCCCCC)CC1. The first kappa shape index (κ1) is 54.8. The Hall–Kier alpha value is -4.32. The van der Waals surface area contributed by atoms with Crippen LogP contribution in [0.4, 0.5) is 0 Å². The molecule has 0 atom stereocenters. The van der Waals surface area contributed by atoms with E-state index in [1.165, 1.54) is 21.2 Å². The van der Waals surface area contributed by atoms with Crippen LogP contribution >= 0.6 is 0 Å². The third-order valence-corrected chi connectivity index (χ3v) is 11.2. The summed E-state index contributed by atoms with van der Waals surface area (Å²) in [6.07, 6.45) is 12.7. The molecule has 17 heteroatoms. The molecule has 6 amide bonds. The second-order valence-corrected chi connectivity index (χ2v) is 16.5. The number of methoxy groups -OCH3 is 1. The Balaban J connectivity index is 2.31. The monoisotopic (exact) mass is 887 g/mol. The van der Waals surface area contributed by atoms with Gasteiger partial charge in [-0.3, -0.25) is 48.4 Å². The molecule has 17 nitrogen and oxygen atoms in total. The van der Waals surface area contributed by atoms with E-state index >= 15 is 0 Å². The third kappa shape index (κ3) is 23.3. The van der Waals surface area contributed by atoms with Crippen molar-refractivity contribution in [3.63, 3.8) is 0 Å². The highest BCUT2D eigenvalue weighted by atomic mass is 16.5. The van der Waals surface area contributed by atoms with Crippen LogP contribution in [0.15, 0.2) is 12.1 Å². The molecule has 1 aromatic carbocycles. The van der Waals surface area contributed by atoms with Crippen LogP contribution in [-0.2, 0) is 25.7 Å². The molecular weight excluding hydrogens is 805 g/mol. The van der Waals surface area contributed by atoms with Gasteiger partial charge in [0.05, 0.1) is 44.4 Å². The molecule has 1 heterocycles. The fourth-order valence-corrected chi connectivity index (χ4v) is 7.40. The lowest BCUT2D eigenvalue weighted by atomic mass is 10.0. The number of nitrogens with one attached hydrogen (secondary N) is 6. The summed E-state index contributed by atoms with van der Waals surface area (Å²) in [6, 6.07) is 3.20. The highest BCUT2D eigenvalue weighted by molar-refractivity contribution is 6.04. The van der Waals surface area contributed by atoms with E-state index in [-0.39, 0.29) is 73.2 Å². The minimum Gasteiger partial charge on any atom is -0.495 e. The number of benzene rings is 1. The molecule has 1 aliphatic heterocycles. The van der Waals surface area contributed by atoms with Gasteiger partial charge in [0.15, 0.2) is 0 Å². The second kappa shape index (κ2) is 33.2. The van der Waals surface area contributed by atoms with Crippen LogP contribution in [0.3, 0.4) is 0 Å². The van der Waals surface area contributed by atoms with Crippen LogP contribution in [0.25, 0.3) is 0 Å². The zero-order chi connectivity index (χ0) is 46.2. The van der Waals surface area contributed by atoms with Gasteiger partial charge in [-0.15, -0.1) is 0 Å². The van der Waals surface area contributed by atoms with E-state index in [1.54, 1.807) is 12.1 Å². The molecule has 1 aliphatic rings. The van der Waals surface area contributed by atoms with Gasteiger partial charge in [-0.2, -0.15) is 0 Å². The fraction of sp³-hybridized carbons (Fsp3) is 0.739. The van der Waals surface area contributed by atoms with Crippen molar-refractivity contribution in [1.82, 2.24) is 51.5 Å². The van der Waals surface area contributed by atoms with Gasteiger partial charge < -0.3 is 36.6 Å². The number of ether oxygens (including phenoxy) is 1. The highest BCUT2D eigenvalue weighted by Crippen LogP contribution is 2.26. The number of carbonyl (C=O) groups excluding carboxylic acids is 6. The Kier molecular flexibility index (Phi) is 28.9. The molecule has 6 N–H and O–H groups in total. The van der Waals surface area contributed by atoms with Crippen molar-refractivity contribution in [3.05, 3.63) is 28.8 Å². The summed E-state index contributed by atoms with van der Waals surface area (Å²) in [5, 5.41) is 17.4. The first-order chi connectivity index (χ1) is 30.5. The van der Waals surface area contributed by atoms with Crippen molar-refractivity contribution < 1.29 is 33.5 Å². The van der Waals surface area contributed by atoms with Crippen molar-refractivity contribution in [2.75, 3.05) is 119 Å². The van der Waals surface area contributed by atoms with Crippen LogP contribution in [-0.4, -0.2) is 174 Å². The van der Waals surface area contributed by atoms with Crippen LogP contribution in [0, 0.1) is 0 Å². The number of nitrogens with zero attached hydrogens (tertiary/aromatic N) is 4. The summed E-state index contributed by atoms with van der Waals surface area (Å²) in [5.74, 6) is -1.14. The normalized spacial score (nSPS) is 14.8. The van der Waals surface area contributed by atoms with E-state index in [0.717, 1.165) is 77.0 Å². The van der Waals surface area contributed by atoms with Crippen LogP contribution in [0.1, 0.15) is 124 Å². The molecule has 0 aromatic heterocycles. The summed E-state index contributed by atoms with van der Waals surface area (Å²) in [7, 11) is 4.37. The van der Waals surface area contributed by atoms with Gasteiger partial charge in [0.25, 0.3) is 11.8 Å². The fourth-order valence-electron chi connectivity index (χ4n) is 7.40. The van der Waals surface area contributed by atoms with Gasteiger partial charge in [-0.1, -0.05) is 78.6 Å². The molecule has 0 saturated carbocycles. The van der Waals surface area contributed by atoms with Gasteiger partial charge in [0.1, 0.15) is 5.75 Å². The highest BCUT2D eigenvalue weighted by Gasteiger charge is 2.24. The number of carbonyl (C=O) groups is 6. The number of unbranched alkanes of at least 4 members (excludes halogenated alkanes) is 9. The molecule has 0 unspecified atom stereocenters. The van der Waals surface area contributed by atoms with Gasteiger partial charge in [-0.05, 0) is 37.0 Å². The van der Waals surface area contributed by atoms with Gasteiger partial charge >= 0.3 is 0 Å². The first-order valence-corrected chi connectivity index (χ1v) is 23.6. The minimum absolute atomic E-state index is 0.0344. The number of rotatable bonds is 28. The average Bonchev–Trinajstić information content (AvgIpc) is 3.27. The van der Waals surface area contributed by atoms with E-state index in [0.29, 0.717) is 77.6 Å². The summed E-state index contributed by atoms with van der Waals surface area (Å²) in [5.41, 5.74) is 0.888. The third-order valence-electron chi connectivity index (χ3n) is 11.2. The van der Waals surface area contributed by atoms with E-state index in [9.17, 15) is 28.8 Å². The zero-order valence-electron chi connectivity index (χ0n) is 39.6. The van der Waals surface area contributed by atoms with E-state index in [4.69, 9.17) is 4.74 Å². The molecule has 1 saturated heterocycles. The molecule has 358 valence electrons. The Morgan fingerprint density at radius 2 is 0.778 bits per heavy atom. The van der Waals surface area contributed by atoms with Crippen molar-refractivity contribution in [3.8, 4) is 5.75 Å². The lowest BCUT2D eigenvalue weighted by Crippen LogP contribution is -2.51. The minimum atomic E-state index is -0.432. The van der Waals surface area contributed by atoms with Crippen molar-refractivity contribution in [1.29, 1.82) is 0 Å². The number of amides is 6. The van der Waals surface area contributed by atoms with Crippen molar-refractivity contribution in [2.24, 2.45) is 0 Å². The smallest absolute Gasteiger partial charge is 0.254 e. The molecule has 63 heavy (non-hydrogen) atoms. The van der Waals surface area contributed by atoms with Crippen molar-refractivity contribution >= 4 is 35.4 Å². The average molecular weight is 887 g/mol. The molecule has 1 aromatic rings. The maximum Gasteiger partial charge on any atom is 0.254 e. The predicted octanol–water partition coefficient (Wildman–Crippen LogP) is 2.34. The van der Waals surface area contributed by atoms with E-state index in [2.05, 4.69) is 67.4 Å². The van der Waals surface area contributed by atoms with E-state index in [1.807, 2.05) is 4.90 Å². The second-order valence-electron chi connectivity index (χ2n) is 16.5. The molecule has 2 rings (SSSR count). The molecule has 0 aliphatic carbocycles. The van der Waals surface area contributed by atoms with Gasteiger partial charge in [0.2, 0.25) is 23.6 Å². The lowest BCUT2D eigenvalue weighted by molar-refractivity contribution is -0.125. The summed E-state index contributed by atoms with van der Waals surface area (Å²) < 4.78 is 5.45. The predicted molar refractivity (Wildman–Crippen MR) is 249 cm³/mol. The Morgan fingerprint density at radius 3 is 1.05 bits per heavy atom. The molecule has 1 fully saturated rings. The Labute approximate surface area is 377 Å². The number of hydrogen-bond acceptors (Lipinski definition) is 11. The lowest BCUT2D eigenvalue weighted by Gasteiger charge is -2.33. The van der Waals surface area contributed by atoms with Crippen LogP contribution < -0.4 is 36.6 Å². The van der Waals surface area contributed by atoms with Crippen molar-refractivity contribution in [2.45, 2.75) is 104 Å². The number of hydrogen-bond donors (Lipinski definition) is 6. The maximum atomic E-state index is 13.7. The standard InChI is InChI=1S/C46H82N10O7/c1-7-10-13-16-19-49-40(57)33-53-22-24-54(34-41(58)50-20-17-14-11-8-2)26-28-56(29-27-55(25-23-53)35-42(59)51-21-18-15-12-9-3)36-43(60)52-32-37-30-38(45(61)47-4)44(63-6)39(31-37)46(62)48-5/h30-31H,7-29,32-36H2,1-6H3,(H,47,61)(H,48,62)(H,49,57)(H,50,58)(H,51,59)(H,52,60). The molecular formula is C46H82N10O7. The van der Waals surface area contributed by atoms with Crippen LogP contribution in [0.5, 0.6) is 5.75 Å². The molecule has 0 spiro atoms. The summed E-state index contributed by atoms with van der Waals surface area (Å²) >= 11 is 0. The van der Waals surface area contributed by atoms with Gasteiger partial charge in [0, 0.05) is 92.6 Å².